The second-order valence-electron chi connectivity index (χ2n) is 8.35. The molecule has 7 heteroatoms. The van der Waals surface area contributed by atoms with Gasteiger partial charge in [0, 0.05) is 29.8 Å². The highest BCUT2D eigenvalue weighted by atomic mass is 16.5. The van der Waals surface area contributed by atoms with Crippen molar-refractivity contribution in [1.29, 1.82) is 0 Å². The van der Waals surface area contributed by atoms with Gasteiger partial charge in [0.05, 0.1) is 19.7 Å². The van der Waals surface area contributed by atoms with Gasteiger partial charge in [-0.05, 0) is 54.7 Å². The summed E-state index contributed by atoms with van der Waals surface area (Å²) in [7, 11) is 1.60. The van der Waals surface area contributed by atoms with Gasteiger partial charge in [-0.15, -0.1) is 0 Å². The topological polar surface area (TPSA) is 87.3 Å². The molecule has 3 aromatic rings. The number of rotatable bonds is 4. The number of H-pyrrole nitrogens is 1. The molecule has 1 atom stereocenters. The molecule has 0 radical (unpaired) electrons. The Morgan fingerprint density at radius 2 is 1.94 bits per heavy atom. The Morgan fingerprint density at radius 1 is 1.12 bits per heavy atom. The van der Waals surface area contributed by atoms with Gasteiger partial charge in [-0.25, -0.2) is 0 Å². The molecule has 0 spiro atoms. The average Bonchev–Trinajstić information content (AvgIpc) is 3.27. The highest BCUT2D eigenvalue weighted by molar-refractivity contribution is 5.96. The first-order valence-corrected chi connectivity index (χ1v) is 11.0. The number of ether oxygens (including phenoxy) is 1. The van der Waals surface area contributed by atoms with Crippen LogP contribution >= 0.6 is 0 Å². The molecule has 1 aliphatic carbocycles. The Balaban J connectivity index is 1.33. The SMILES string of the molecule is COc1ccc(C(=O)N2CCc3[nH]nc(C(=O)N[C@H]4CCCc5ccccc54)c3C2)cc1. The lowest BCUT2D eigenvalue weighted by Crippen LogP contribution is -2.37. The molecule has 2 heterocycles. The summed E-state index contributed by atoms with van der Waals surface area (Å²) in [6.45, 7) is 0.942. The molecule has 2 amide bonds. The summed E-state index contributed by atoms with van der Waals surface area (Å²) in [6.07, 6.45) is 3.65. The Labute approximate surface area is 186 Å². The van der Waals surface area contributed by atoms with Crippen LogP contribution in [0.4, 0.5) is 0 Å². The number of nitrogens with zero attached hydrogens (tertiary/aromatic N) is 2. The minimum Gasteiger partial charge on any atom is -0.497 e. The minimum absolute atomic E-state index is 0.0135. The highest BCUT2D eigenvalue weighted by Crippen LogP contribution is 2.30. The number of carbonyl (C=O) groups is 2. The first kappa shape index (κ1) is 20.3. The van der Waals surface area contributed by atoms with Gasteiger partial charge >= 0.3 is 0 Å². The molecule has 1 aromatic heterocycles. The fourth-order valence-electron chi connectivity index (χ4n) is 4.70. The maximum absolute atomic E-state index is 13.2. The summed E-state index contributed by atoms with van der Waals surface area (Å²) in [5.74, 6) is 0.454. The zero-order valence-electron chi connectivity index (χ0n) is 18.1. The zero-order chi connectivity index (χ0) is 22.1. The van der Waals surface area contributed by atoms with E-state index in [2.05, 4.69) is 27.6 Å². The van der Waals surface area contributed by atoms with E-state index in [0.717, 1.165) is 30.5 Å². The number of aromatic amines is 1. The van der Waals surface area contributed by atoms with Crippen LogP contribution in [-0.4, -0.2) is 40.6 Å². The second kappa shape index (κ2) is 8.49. The van der Waals surface area contributed by atoms with Gasteiger partial charge in [0.25, 0.3) is 11.8 Å². The molecule has 164 valence electrons. The Kier molecular flexibility index (Phi) is 5.39. The monoisotopic (exact) mass is 430 g/mol. The lowest BCUT2D eigenvalue weighted by molar-refractivity contribution is 0.0731. The van der Waals surface area contributed by atoms with E-state index in [9.17, 15) is 9.59 Å². The molecule has 1 aliphatic heterocycles. The molecule has 5 rings (SSSR count). The number of aryl methyl sites for hydroxylation is 1. The Bertz CT molecular complexity index is 1150. The Morgan fingerprint density at radius 3 is 2.75 bits per heavy atom. The predicted octanol–water partition coefficient (Wildman–Crippen LogP) is 3.42. The van der Waals surface area contributed by atoms with Gasteiger partial charge in [-0.2, -0.15) is 5.10 Å². The summed E-state index contributed by atoms with van der Waals surface area (Å²) in [5, 5.41) is 10.5. The predicted molar refractivity (Wildman–Crippen MR) is 120 cm³/mol. The van der Waals surface area contributed by atoms with E-state index in [1.54, 1.807) is 36.3 Å². The van der Waals surface area contributed by atoms with E-state index < -0.39 is 0 Å². The molecule has 2 aromatic carbocycles. The summed E-state index contributed by atoms with van der Waals surface area (Å²) < 4.78 is 5.18. The van der Waals surface area contributed by atoms with Gasteiger partial charge in [0.15, 0.2) is 5.69 Å². The van der Waals surface area contributed by atoms with Crippen molar-refractivity contribution in [1.82, 2.24) is 20.4 Å². The lowest BCUT2D eigenvalue weighted by Gasteiger charge is -2.28. The van der Waals surface area contributed by atoms with E-state index in [1.165, 1.54) is 11.1 Å². The highest BCUT2D eigenvalue weighted by Gasteiger charge is 2.30. The van der Waals surface area contributed by atoms with E-state index in [-0.39, 0.29) is 17.9 Å². The molecule has 32 heavy (non-hydrogen) atoms. The molecule has 0 fully saturated rings. The second-order valence-corrected chi connectivity index (χ2v) is 8.35. The average molecular weight is 431 g/mol. The van der Waals surface area contributed by atoms with E-state index in [4.69, 9.17) is 4.74 Å². The van der Waals surface area contributed by atoms with Crippen molar-refractivity contribution in [3.05, 3.63) is 82.2 Å². The number of hydrogen-bond acceptors (Lipinski definition) is 4. The first-order valence-electron chi connectivity index (χ1n) is 11.0. The van der Waals surface area contributed by atoms with Gasteiger partial charge < -0.3 is 15.0 Å². The normalized spacial score (nSPS) is 17.3. The fraction of sp³-hybridized carbons (Fsp3) is 0.320. The minimum atomic E-state index is -0.192. The van der Waals surface area contributed by atoms with Gasteiger partial charge in [-0.3, -0.25) is 14.7 Å². The third-order valence-electron chi connectivity index (χ3n) is 6.45. The maximum atomic E-state index is 13.2. The van der Waals surface area contributed by atoms with Crippen LogP contribution in [-0.2, 0) is 19.4 Å². The van der Waals surface area contributed by atoms with Crippen LogP contribution in [0.25, 0.3) is 0 Å². The van der Waals surface area contributed by atoms with E-state index >= 15 is 0 Å². The van der Waals surface area contributed by atoms with E-state index in [0.29, 0.717) is 36.5 Å². The first-order chi connectivity index (χ1) is 15.6. The van der Waals surface area contributed by atoms with Crippen molar-refractivity contribution >= 4 is 11.8 Å². The third-order valence-corrected chi connectivity index (χ3v) is 6.45. The fourth-order valence-corrected chi connectivity index (χ4v) is 4.70. The molecule has 0 saturated carbocycles. The van der Waals surface area contributed by atoms with Gasteiger partial charge in [-0.1, -0.05) is 24.3 Å². The number of nitrogens with one attached hydrogen (secondary N) is 2. The molecule has 2 N–H and O–H groups in total. The summed E-state index contributed by atoms with van der Waals surface area (Å²) in [4.78, 5) is 28.0. The molecular weight excluding hydrogens is 404 g/mol. The number of fused-ring (bicyclic) bond motifs is 2. The quantitative estimate of drug-likeness (QED) is 0.664. The maximum Gasteiger partial charge on any atom is 0.272 e. The smallest absolute Gasteiger partial charge is 0.272 e. The van der Waals surface area contributed by atoms with Crippen LogP contribution < -0.4 is 10.1 Å². The molecule has 0 saturated heterocycles. The summed E-state index contributed by atoms with van der Waals surface area (Å²) in [5.41, 5.74) is 5.20. The molecular formula is C25H26N4O3. The van der Waals surface area contributed by atoms with Crippen molar-refractivity contribution in [2.24, 2.45) is 0 Å². The number of amides is 2. The van der Waals surface area contributed by atoms with Gasteiger partial charge in [0.1, 0.15) is 5.75 Å². The number of methoxy groups -OCH3 is 1. The summed E-state index contributed by atoms with van der Waals surface area (Å²) in [6, 6.07) is 15.4. The molecule has 0 bridgehead atoms. The van der Waals surface area contributed by atoms with E-state index in [1.807, 2.05) is 12.1 Å². The van der Waals surface area contributed by atoms with Crippen LogP contribution in [0, 0.1) is 0 Å². The third kappa shape index (κ3) is 3.75. The molecule has 0 unspecified atom stereocenters. The van der Waals surface area contributed by atoms with Crippen molar-refractivity contribution in [2.45, 2.75) is 38.3 Å². The van der Waals surface area contributed by atoms with Crippen molar-refractivity contribution in [3.8, 4) is 5.75 Å². The van der Waals surface area contributed by atoms with Gasteiger partial charge in [0.2, 0.25) is 0 Å². The van der Waals surface area contributed by atoms with Crippen LogP contribution in [0.3, 0.4) is 0 Å². The van der Waals surface area contributed by atoms with Crippen molar-refractivity contribution in [3.63, 3.8) is 0 Å². The number of carbonyl (C=O) groups excluding carboxylic acids is 2. The zero-order valence-corrected chi connectivity index (χ0v) is 18.1. The van der Waals surface area contributed by atoms with Crippen LogP contribution in [0.15, 0.2) is 48.5 Å². The van der Waals surface area contributed by atoms with Crippen molar-refractivity contribution in [2.75, 3.05) is 13.7 Å². The Hall–Kier alpha value is -3.61. The molecule has 2 aliphatic rings. The standard InChI is InChI=1S/C25H26N4O3/c1-32-18-11-9-17(10-12-18)25(31)29-14-13-22-20(15-29)23(28-27-22)24(30)26-21-8-4-6-16-5-2-3-7-19(16)21/h2-3,5,7,9-12,21H,4,6,8,13-15H2,1H3,(H,26,30)(H,27,28)/t21-/m0/s1. The van der Waals surface area contributed by atoms with Crippen molar-refractivity contribution < 1.29 is 14.3 Å². The van der Waals surface area contributed by atoms with Crippen LogP contribution in [0.1, 0.15) is 62.1 Å². The lowest BCUT2D eigenvalue weighted by atomic mass is 9.87. The van der Waals surface area contributed by atoms with Crippen LogP contribution in [0.5, 0.6) is 5.75 Å². The van der Waals surface area contributed by atoms with Crippen LogP contribution in [0.2, 0.25) is 0 Å². The molecule has 7 nitrogen and oxygen atoms in total. The number of hydrogen-bond donors (Lipinski definition) is 2. The largest absolute Gasteiger partial charge is 0.497 e. The summed E-state index contributed by atoms with van der Waals surface area (Å²) >= 11 is 0. The number of aromatic nitrogens is 2. The number of benzene rings is 2.